The molecule has 0 saturated carbocycles. The molecule has 2 nitrogen and oxygen atoms in total. The Bertz CT molecular complexity index is 403. The smallest absolute Gasteiger partial charge is 0.133 e. The molecular formula is C14H21ClN2. The Morgan fingerprint density at radius 3 is 2.82 bits per heavy atom. The van der Waals surface area contributed by atoms with E-state index in [1.807, 2.05) is 0 Å². The van der Waals surface area contributed by atoms with Gasteiger partial charge in [-0.15, -0.1) is 11.6 Å². The van der Waals surface area contributed by atoms with Gasteiger partial charge in [0.2, 0.25) is 0 Å². The highest BCUT2D eigenvalue weighted by molar-refractivity contribution is 6.17. The largest absolute Gasteiger partial charge is 0.354 e. The van der Waals surface area contributed by atoms with Gasteiger partial charge in [0.15, 0.2) is 0 Å². The Morgan fingerprint density at radius 2 is 2.18 bits per heavy atom. The lowest BCUT2D eigenvalue weighted by Gasteiger charge is -2.36. The summed E-state index contributed by atoms with van der Waals surface area (Å²) in [7, 11) is 0. The van der Waals surface area contributed by atoms with E-state index >= 15 is 0 Å². The molecule has 0 aliphatic carbocycles. The number of nitrogens with zero attached hydrogens (tertiary/aromatic N) is 2. The summed E-state index contributed by atoms with van der Waals surface area (Å²) < 4.78 is 0. The second kappa shape index (κ2) is 5.26. The predicted octanol–water partition coefficient (Wildman–Crippen LogP) is 3.82. The topological polar surface area (TPSA) is 16.1 Å². The summed E-state index contributed by atoms with van der Waals surface area (Å²) in [6.07, 6.45) is 3.86. The molecule has 0 amide bonds. The van der Waals surface area contributed by atoms with Gasteiger partial charge in [-0.25, -0.2) is 4.98 Å². The van der Waals surface area contributed by atoms with Crippen molar-refractivity contribution in [3.63, 3.8) is 0 Å². The highest BCUT2D eigenvalue weighted by atomic mass is 35.5. The van der Waals surface area contributed by atoms with Crippen molar-refractivity contribution in [3.05, 3.63) is 22.9 Å². The molecule has 94 valence electrons. The highest BCUT2D eigenvalue weighted by Crippen LogP contribution is 2.29. The summed E-state index contributed by atoms with van der Waals surface area (Å²) in [5.74, 6) is 1.67. The van der Waals surface area contributed by atoms with Crippen LogP contribution in [0.3, 0.4) is 0 Å². The molecule has 0 bridgehead atoms. The normalized spacial score (nSPS) is 20.7. The van der Waals surface area contributed by atoms with Crippen molar-refractivity contribution in [1.82, 2.24) is 4.98 Å². The van der Waals surface area contributed by atoms with Gasteiger partial charge in [-0.2, -0.15) is 0 Å². The minimum Gasteiger partial charge on any atom is -0.354 e. The van der Waals surface area contributed by atoms with Gasteiger partial charge in [0.05, 0.1) is 5.88 Å². The van der Waals surface area contributed by atoms with Crippen molar-refractivity contribution in [2.45, 2.75) is 52.0 Å². The Labute approximate surface area is 109 Å². The molecule has 1 fully saturated rings. The second-order valence-electron chi connectivity index (χ2n) is 5.05. The van der Waals surface area contributed by atoms with Gasteiger partial charge in [0.25, 0.3) is 0 Å². The fraction of sp³-hybridized carbons (Fsp3) is 0.643. The van der Waals surface area contributed by atoms with Gasteiger partial charge in [-0.1, -0.05) is 0 Å². The van der Waals surface area contributed by atoms with Crippen LogP contribution in [-0.4, -0.2) is 17.6 Å². The number of anilines is 1. The zero-order valence-electron chi connectivity index (χ0n) is 11.0. The number of pyridine rings is 1. The molecule has 1 unspecified atom stereocenters. The first-order chi connectivity index (χ1) is 8.13. The number of halogens is 1. The monoisotopic (exact) mass is 252 g/mol. The third-order valence-electron chi connectivity index (χ3n) is 3.66. The van der Waals surface area contributed by atoms with Crippen LogP contribution in [0.25, 0.3) is 0 Å². The predicted molar refractivity (Wildman–Crippen MR) is 73.9 cm³/mol. The molecule has 17 heavy (non-hydrogen) atoms. The fourth-order valence-electron chi connectivity index (χ4n) is 2.66. The van der Waals surface area contributed by atoms with Crippen molar-refractivity contribution in [2.75, 3.05) is 11.4 Å². The lowest BCUT2D eigenvalue weighted by atomic mass is 10.0. The maximum atomic E-state index is 6.09. The summed E-state index contributed by atoms with van der Waals surface area (Å²) in [4.78, 5) is 7.15. The van der Waals surface area contributed by atoms with E-state index in [0.717, 1.165) is 18.1 Å². The summed E-state index contributed by atoms with van der Waals surface area (Å²) >= 11 is 6.09. The van der Waals surface area contributed by atoms with Crippen LogP contribution in [0, 0.1) is 13.8 Å². The van der Waals surface area contributed by atoms with Crippen LogP contribution in [0.1, 0.15) is 43.0 Å². The van der Waals surface area contributed by atoms with E-state index in [2.05, 4.69) is 31.7 Å². The molecule has 0 N–H and O–H groups in total. The molecule has 0 spiro atoms. The Balaban J connectivity index is 2.42. The summed E-state index contributed by atoms with van der Waals surface area (Å²) in [6.45, 7) is 7.59. The molecule has 2 heterocycles. The fourth-order valence-corrected chi connectivity index (χ4v) is 2.99. The van der Waals surface area contributed by atoms with Crippen LogP contribution in [0.2, 0.25) is 0 Å². The van der Waals surface area contributed by atoms with Crippen LogP contribution in [0.5, 0.6) is 0 Å². The molecule has 1 aliphatic rings. The van der Waals surface area contributed by atoms with Gasteiger partial charge in [0, 0.05) is 23.8 Å². The Kier molecular flexibility index (Phi) is 3.93. The molecule has 1 atom stereocenters. The first kappa shape index (κ1) is 12.7. The van der Waals surface area contributed by atoms with Crippen LogP contribution < -0.4 is 4.90 Å². The van der Waals surface area contributed by atoms with E-state index in [9.17, 15) is 0 Å². The molecule has 0 radical (unpaired) electrons. The van der Waals surface area contributed by atoms with Gasteiger partial charge >= 0.3 is 0 Å². The van der Waals surface area contributed by atoms with Crippen molar-refractivity contribution >= 4 is 17.4 Å². The number of aryl methyl sites for hydroxylation is 2. The van der Waals surface area contributed by atoms with Crippen molar-refractivity contribution in [1.29, 1.82) is 0 Å². The zero-order valence-corrected chi connectivity index (χ0v) is 11.7. The molecule has 2 rings (SSSR count). The number of rotatable bonds is 2. The zero-order chi connectivity index (χ0) is 12.4. The molecular weight excluding hydrogens is 232 g/mol. The van der Waals surface area contributed by atoms with Gasteiger partial charge in [0.1, 0.15) is 5.82 Å². The SMILES string of the molecule is Cc1cc(C)c(CCl)c(N2CCCCC2C)n1. The van der Waals surface area contributed by atoms with Crippen LogP contribution in [0.15, 0.2) is 6.07 Å². The quantitative estimate of drug-likeness (QED) is 0.744. The second-order valence-corrected chi connectivity index (χ2v) is 5.32. The van der Waals surface area contributed by atoms with Gasteiger partial charge < -0.3 is 4.90 Å². The lowest BCUT2D eigenvalue weighted by molar-refractivity contribution is 0.480. The average molecular weight is 253 g/mol. The molecule has 3 heteroatoms. The van der Waals surface area contributed by atoms with Crippen molar-refractivity contribution in [2.24, 2.45) is 0 Å². The molecule has 1 aromatic heterocycles. The Hall–Kier alpha value is -0.760. The number of aromatic nitrogens is 1. The number of alkyl halides is 1. The average Bonchev–Trinajstić information content (AvgIpc) is 2.28. The Morgan fingerprint density at radius 1 is 1.41 bits per heavy atom. The first-order valence-corrected chi connectivity index (χ1v) is 6.96. The summed E-state index contributed by atoms with van der Waals surface area (Å²) in [6, 6.07) is 2.70. The van der Waals surface area contributed by atoms with E-state index in [0.29, 0.717) is 11.9 Å². The lowest BCUT2D eigenvalue weighted by Crippen LogP contribution is -2.38. The third-order valence-corrected chi connectivity index (χ3v) is 3.93. The summed E-state index contributed by atoms with van der Waals surface area (Å²) in [5, 5.41) is 0. The van der Waals surface area contributed by atoms with Gasteiger partial charge in [-0.05, 0) is 51.7 Å². The molecule has 0 aromatic carbocycles. The van der Waals surface area contributed by atoms with E-state index in [1.54, 1.807) is 0 Å². The molecule has 1 saturated heterocycles. The number of piperidine rings is 1. The van der Waals surface area contributed by atoms with E-state index < -0.39 is 0 Å². The minimum atomic E-state index is 0.553. The summed E-state index contributed by atoms with van der Waals surface area (Å²) in [5.41, 5.74) is 3.55. The van der Waals surface area contributed by atoms with Crippen LogP contribution >= 0.6 is 11.6 Å². The van der Waals surface area contributed by atoms with Crippen molar-refractivity contribution < 1.29 is 0 Å². The van der Waals surface area contributed by atoms with Crippen molar-refractivity contribution in [3.8, 4) is 0 Å². The van der Waals surface area contributed by atoms with E-state index in [-0.39, 0.29) is 0 Å². The maximum absolute atomic E-state index is 6.09. The van der Waals surface area contributed by atoms with Crippen LogP contribution in [0.4, 0.5) is 5.82 Å². The third kappa shape index (κ3) is 2.57. The standard InChI is InChI=1S/C14H21ClN2/c1-10-8-11(2)16-14(13(10)9-15)17-7-5-4-6-12(17)3/h8,12H,4-7,9H2,1-3H3. The maximum Gasteiger partial charge on any atom is 0.133 e. The number of hydrogen-bond acceptors (Lipinski definition) is 2. The molecule has 1 aromatic rings. The number of hydrogen-bond donors (Lipinski definition) is 0. The van der Waals surface area contributed by atoms with Crippen LogP contribution in [-0.2, 0) is 5.88 Å². The highest BCUT2D eigenvalue weighted by Gasteiger charge is 2.22. The minimum absolute atomic E-state index is 0.553. The molecule has 1 aliphatic heterocycles. The first-order valence-electron chi connectivity index (χ1n) is 6.43. The van der Waals surface area contributed by atoms with E-state index in [1.165, 1.54) is 30.4 Å². The van der Waals surface area contributed by atoms with Gasteiger partial charge in [-0.3, -0.25) is 0 Å². The van der Waals surface area contributed by atoms with E-state index in [4.69, 9.17) is 16.6 Å².